The fraction of sp³-hybridized carbons (Fsp3) is 0.200. The molecule has 1 aromatic carbocycles. The number of amides is 1. The van der Waals surface area contributed by atoms with Crippen LogP contribution in [0, 0.1) is 0 Å². The largest absolute Gasteiger partial charge is 0.378 e. The summed E-state index contributed by atoms with van der Waals surface area (Å²) in [5, 5.41) is 4.10. The maximum absolute atomic E-state index is 12.0. The predicted octanol–water partition coefficient (Wildman–Crippen LogP) is 3.62. The van der Waals surface area contributed by atoms with Crippen molar-refractivity contribution in [2.45, 2.75) is 6.92 Å². The second-order valence-electron chi connectivity index (χ2n) is 4.68. The molecule has 0 fully saturated rings. The molecule has 0 aliphatic rings. The number of benzene rings is 1. The SMILES string of the molecule is C/C(=N\NC(=O)c1ccc(N(C)C)cc1)c1ccc(Cl)s1. The minimum atomic E-state index is -0.234. The van der Waals surface area contributed by atoms with Gasteiger partial charge in [-0.3, -0.25) is 4.79 Å². The summed E-state index contributed by atoms with van der Waals surface area (Å²) in [5.74, 6) is -0.234. The Morgan fingerprint density at radius 2 is 1.86 bits per heavy atom. The van der Waals surface area contributed by atoms with Gasteiger partial charge < -0.3 is 4.90 Å². The van der Waals surface area contributed by atoms with E-state index >= 15 is 0 Å². The number of hydrogen-bond donors (Lipinski definition) is 1. The average Bonchev–Trinajstić information content (AvgIpc) is 2.91. The molecule has 0 aliphatic carbocycles. The third-order valence-corrected chi connectivity index (χ3v) is 4.24. The summed E-state index contributed by atoms with van der Waals surface area (Å²) < 4.78 is 0.699. The number of hydrogen-bond acceptors (Lipinski definition) is 4. The first-order valence-electron chi connectivity index (χ1n) is 6.35. The Kier molecular flexibility index (Phi) is 4.98. The molecule has 0 aliphatic heterocycles. The Bertz CT molecular complexity index is 662. The molecular formula is C15H16ClN3OS. The lowest BCUT2D eigenvalue weighted by atomic mass is 10.2. The van der Waals surface area contributed by atoms with Crippen molar-refractivity contribution in [1.29, 1.82) is 0 Å². The van der Waals surface area contributed by atoms with Crippen molar-refractivity contribution < 1.29 is 4.79 Å². The second kappa shape index (κ2) is 6.74. The van der Waals surface area contributed by atoms with Gasteiger partial charge in [0.25, 0.3) is 5.91 Å². The highest BCUT2D eigenvalue weighted by molar-refractivity contribution is 7.18. The lowest BCUT2D eigenvalue weighted by Gasteiger charge is -2.12. The number of nitrogens with zero attached hydrogens (tertiary/aromatic N) is 2. The average molecular weight is 322 g/mol. The van der Waals surface area contributed by atoms with Crippen molar-refractivity contribution in [3.8, 4) is 0 Å². The van der Waals surface area contributed by atoms with Gasteiger partial charge >= 0.3 is 0 Å². The van der Waals surface area contributed by atoms with E-state index in [1.165, 1.54) is 11.3 Å². The summed E-state index contributed by atoms with van der Waals surface area (Å²) in [7, 11) is 3.91. The van der Waals surface area contributed by atoms with E-state index in [-0.39, 0.29) is 5.91 Å². The zero-order chi connectivity index (χ0) is 15.4. The number of carbonyl (C=O) groups excluding carboxylic acids is 1. The molecule has 0 spiro atoms. The quantitative estimate of drug-likeness (QED) is 0.690. The van der Waals surface area contributed by atoms with Crippen LogP contribution in [0.3, 0.4) is 0 Å². The first kappa shape index (κ1) is 15.5. The number of anilines is 1. The molecular weight excluding hydrogens is 306 g/mol. The van der Waals surface area contributed by atoms with Gasteiger partial charge in [-0.25, -0.2) is 5.43 Å². The van der Waals surface area contributed by atoms with Gasteiger partial charge in [-0.1, -0.05) is 11.6 Å². The van der Waals surface area contributed by atoms with Gasteiger partial charge in [0.1, 0.15) is 0 Å². The fourth-order valence-corrected chi connectivity index (χ4v) is 2.66. The van der Waals surface area contributed by atoms with Crippen molar-refractivity contribution in [1.82, 2.24) is 5.43 Å². The smallest absolute Gasteiger partial charge is 0.271 e. The Morgan fingerprint density at radius 3 is 2.38 bits per heavy atom. The molecule has 110 valence electrons. The van der Waals surface area contributed by atoms with Crippen LogP contribution in [-0.4, -0.2) is 25.7 Å². The summed E-state index contributed by atoms with van der Waals surface area (Å²) in [4.78, 5) is 14.9. The Balaban J connectivity index is 2.04. The maximum atomic E-state index is 12.0. The molecule has 1 amide bonds. The van der Waals surface area contributed by atoms with E-state index in [4.69, 9.17) is 11.6 Å². The predicted molar refractivity (Wildman–Crippen MR) is 89.8 cm³/mol. The zero-order valence-electron chi connectivity index (χ0n) is 12.1. The van der Waals surface area contributed by atoms with Crippen LogP contribution >= 0.6 is 22.9 Å². The van der Waals surface area contributed by atoms with Gasteiger partial charge in [0.15, 0.2) is 0 Å². The number of nitrogens with one attached hydrogen (secondary N) is 1. The molecule has 2 rings (SSSR count). The number of halogens is 1. The van der Waals surface area contributed by atoms with E-state index in [1.807, 2.05) is 50.2 Å². The molecule has 0 saturated heterocycles. The molecule has 0 bridgehead atoms. The van der Waals surface area contributed by atoms with Crippen LogP contribution in [0.4, 0.5) is 5.69 Å². The van der Waals surface area contributed by atoms with Gasteiger partial charge in [-0.05, 0) is 43.3 Å². The minimum absolute atomic E-state index is 0.234. The highest BCUT2D eigenvalue weighted by atomic mass is 35.5. The molecule has 0 atom stereocenters. The lowest BCUT2D eigenvalue weighted by Crippen LogP contribution is -2.19. The third-order valence-electron chi connectivity index (χ3n) is 2.90. The molecule has 4 nitrogen and oxygen atoms in total. The van der Waals surface area contributed by atoms with Crippen molar-refractivity contribution in [2.75, 3.05) is 19.0 Å². The van der Waals surface area contributed by atoms with E-state index in [0.29, 0.717) is 9.90 Å². The molecule has 1 N–H and O–H groups in total. The van der Waals surface area contributed by atoms with Crippen LogP contribution in [-0.2, 0) is 0 Å². The van der Waals surface area contributed by atoms with E-state index in [1.54, 1.807) is 12.1 Å². The van der Waals surface area contributed by atoms with E-state index in [2.05, 4.69) is 10.5 Å². The highest BCUT2D eigenvalue weighted by Gasteiger charge is 2.06. The van der Waals surface area contributed by atoms with Crippen LogP contribution in [0.15, 0.2) is 41.5 Å². The zero-order valence-corrected chi connectivity index (χ0v) is 13.6. The molecule has 0 unspecified atom stereocenters. The number of thiophene rings is 1. The Morgan fingerprint density at radius 1 is 1.19 bits per heavy atom. The number of rotatable bonds is 4. The van der Waals surface area contributed by atoms with Crippen LogP contribution < -0.4 is 10.3 Å². The van der Waals surface area contributed by atoms with Crippen molar-refractivity contribution in [3.05, 3.63) is 51.2 Å². The number of hydrazone groups is 1. The second-order valence-corrected chi connectivity index (χ2v) is 6.40. The third kappa shape index (κ3) is 4.06. The van der Waals surface area contributed by atoms with Gasteiger partial charge in [0, 0.05) is 25.3 Å². The topological polar surface area (TPSA) is 44.7 Å². The molecule has 1 heterocycles. The molecule has 0 saturated carbocycles. The van der Waals surface area contributed by atoms with E-state index in [0.717, 1.165) is 16.3 Å². The van der Waals surface area contributed by atoms with Gasteiger partial charge in [0.05, 0.1) is 14.9 Å². The van der Waals surface area contributed by atoms with Crippen LogP contribution in [0.2, 0.25) is 4.34 Å². The van der Waals surface area contributed by atoms with Crippen molar-refractivity contribution in [3.63, 3.8) is 0 Å². The van der Waals surface area contributed by atoms with E-state index in [9.17, 15) is 4.79 Å². The normalized spacial score (nSPS) is 11.3. The van der Waals surface area contributed by atoms with Gasteiger partial charge in [-0.2, -0.15) is 5.10 Å². The van der Waals surface area contributed by atoms with E-state index < -0.39 is 0 Å². The lowest BCUT2D eigenvalue weighted by molar-refractivity contribution is 0.0955. The summed E-state index contributed by atoms with van der Waals surface area (Å²) >= 11 is 7.30. The monoisotopic (exact) mass is 321 g/mol. The van der Waals surface area contributed by atoms with Crippen molar-refractivity contribution >= 4 is 40.2 Å². The highest BCUT2D eigenvalue weighted by Crippen LogP contribution is 2.21. The summed E-state index contributed by atoms with van der Waals surface area (Å²) in [6.45, 7) is 1.83. The Labute approximate surface area is 133 Å². The fourth-order valence-electron chi connectivity index (χ4n) is 1.67. The first-order valence-corrected chi connectivity index (χ1v) is 7.54. The summed E-state index contributed by atoms with van der Waals surface area (Å²) in [5.41, 5.74) is 4.89. The molecule has 0 radical (unpaired) electrons. The molecule has 21 heavy (non-hydrogen) atoms. The first-order chi connectivity index (χ1) is 9.97. The molecule has 2 aromatic rings. The molecule has 6 heteroatoms. The van der Waals surface area contributed by atoms with Gasteiger partial charge in [0.2, 0.25) is 0 Å². The van der Waals surface area contributed by atoms with Crippen LogP contribution in [0.1, 0.15) is 22.2 Å². The van der Waals surface area contributed by atoms with Crippen LogP contribution in [0.25, 0.3) is 0 Å². The Hall–Kier alpha value is -1.85. The summed E-state index contributed by atoms with van der Waals surface area (Å²) in [6, 6.07) is 11.0. The number of carbonyl (C=O) groups is 1. The maximum Gasteiger partial charge on any atom is 0.271 e. The minimum Gasteiger partial charge on any atom is -0.378 e. The van der Waals surface area contributed by atoms with Crippen LogP contribution in [0.5, 0.6) is 0 Å². The van der Waals surface area contributed by atoms with Crippen molar-refractivity contribution in [2.24, 2.45) is 5.10 Å². The van der Waals surface area contributed by atoms with Gasteiger partial charge in [-0.15, -0.1) is 11.3 Å². The molecule has 1 aromatic heterocycles. The summed E-state index contributed by atoms with van der Waals surface area (Å²) in [6.07, 6.45) is 0. The standard InChI is InChI=1S/C15H16ClN3OS/c1-10(13-8-9-14(16)21-13)17-18-15(20)11-4-6-12(7-5-11)19(2)3/h4-9H,1-3H3,(H,18,20)/b17-10+.